The van der Waals surface area contributed by atoms with Crippen LogP contribution in [-0.2, 0) is 0 Å². The van der Waals surface area contributed by atoms with E-state index in [0.29, 0.717) is 18.6 Å². The molecule has 0 radical (unpaired) electrons. The van der Waals surface area contributed by atoms with Gasteiger partial charge in [-0.1, -0.05) is 0 Å². The van der Waals surface area contributed by atoms with Crippen LogP contribution in [0.25, 0.3) is 0 Å². The van der Waals surface area contributed by atoms with Crippen molar-refractivity contribution in [2.24, 2.45) is 0 Å². The van der Waals surface area contributed by atoms with Crippen LogP contribution in [0.15, 0.2) is 22.8 Å². The summed E-state index contributed by atoms with van der Waals surface area (Å²) in [6.07, 6.45) is 1.69. The maximum Gasteiger partial charge on any atom is 0.132 e. The second-order valence-corrected chi connectivity index (χ2v) is 2.96. The van der Waals surface area contributed by atoms with Crippen LogP contribution in [0.2, 0.25) is 0 Å². The maximum atomic E-state index is 9.45. The second kappa shape index (κ2) is 4.28. The van der Waals surface area contributed by atoms with Gasteiger partial charge in [0.1, 0.15) is 11.9 Å². The van der Waals surface area contributed by atoms with Gasteiger partial charge in [-0.25, -0.2) is 0 Å². The Kier molecular flexibility index (Phi) is 3.31. The first-order chi connectivity index (χ1) is 5.70. The molecule has 0 aliphatic carbocycles. The Balaban J connectivity index is 2.34. The van der Waals surface area contributed by atoms with Crippen molar-refractivity contribution in [2.75, 3.05) is 0 Å². The lowest BCUT2D eigenvalue weighted by Crippen LogP contribution is -2.03. The minimum absolute atomic E-state index is 0.366. The lowest BCUT2D eigenvalue weighted by molar-refractivity contribution is 0.107. The average molecular weight is 170 g/mol. The van der Waals surface area contributed by atoms with Crippen molar-refractivity contribution in [3.8, 4) is 0 Å². The summed E-state index contributed by atoms with van der Waals surface area (Å²) in [6.45, 7) is 1.70. The van der Waals surface area contributed by atoms with Gasteiger partial charge < -0.3 is 14.6 Å². The summed E-state index contributed by atoms with van der Waals surface area (Å²) in [7, 11) is 0. The van der Waals surface area contributed by atoms with Crippen molar-refractivity contribution in [1.29, 1.82) is 0 Å². The third kappa shape index (κ3) is 2.68. The molecule has 1 rings (SSSR count). The fourth-order valence-corrected chi connectivity index (χ4v) is 1.02. The predicted octanol–water partition coefficient (Wildman–Crippen LogP) is 1.47. The molecule has 0 saturated carbocycles. The molecule has 2 unspecified atom stereocenters. The third-order valence-electron chi connectivity index (χ3n) is 1.73. The number of hydrogen-bond donors (Lipinski definition) is 2. The van der Waals surface area contributed by atoms with E-state index in [9.17, 15) is 5.11 Å². The molecule has 0 amide bonds. The normalized spacial score (nSPS) is 15.9. The minimum atomic E-state index is -0.588. The fourth-order valence-electron chi connectivity index (χ4n) is 1.02. The molecule has 1 heterocycles. The molecule has 68 valence electrons. The van der Waals surface area contributed by atoms with Crippen LogP contribution in [0, 0.1) is 0 Å². The van der Waals surface area contributed by atoms with Crippen LogP contribution >= 0.6 is 0 Å². The van der Waals surface area contributed by atoms with Gasteiger partial charge in [0.15, 0.2) is 0 Å². The highest BCUT2D eigenvalue weighted by molar-refractivity contribution is 5.01. The van der Waals surface area contributed by atoms with E-state index in [4.69, 9.17) is 9.52 Å². The topological polar surface area (TPSA) is 53.6 Å². The first-order valence-electron chi connectivity index (χ1n) is 4.09. The average Bonchev–Trinajstić information content (AvgIpc) is 2.51. The smallest absolute Gasteiger partial charge is 0.132 e. The Morgan fingerprint density at radius 1 is 1.42 bits per heavy atom. The van der Waals surface area contributed by atoms with Gasteiger partial charge in [-0.05, 0) is 31.9 Å². The highest BCUT2D eigenvalue weighted by atomic mass is 16.4. The van der Waals surface area contributed by atoms with Crippen molar-refractivity contribution in [1.82, 2.24) is 0 Å². The molecule has 2 atom stereocenters. The van der Waals surface area contributed by atoms with Gasteiger partial charge in [-0.2, -0.15) is 0 Å². The Morgan fingerprint density at radius 2 is 2.17 bits per heavy atom. The Hall–Kier alpha value is -0.800. The van der Waals surface area contributed by atoms with E-state index in [1.54, 1.807) is 19.1 Å². The number of furan rings is 1. The molecule has 1 aromatic heterocycles. The number of hydrogen-bond acceptors (Lipinski definition) is 3. The molecule has 0 aromatic carbocycles. The molecule has 12 heavy (non-hydrogen) atoms. The molecule has 3 heteroatoms. The molecule has 0 spiro atoms. The zero-order chi connectivity index (χ0) is 8.97. The van der Waals surface area contributed by atoms with Crippen LogP contribution < -0.4 is 0 Å². The SMILES string of the molecule is CC(O)CCC(O)c1ccco1. The van der Waals surface area contributed by atoms with E-state index in [1.165, 1.54) is 6.26 Å². The van der Waals surface area contributed by atoms with Gasteiger partial charge in [0, 0.05) is 0 Å². The maximum absolute atomic E-state index is 9.45. The largest absolute Gasteiger partial charge is 0.467 e. The van der Waals surface area contributed by atoms with Gasteiger partial charge in [0.2, 0.25) is 0 Å². The number of rotatable bonds is 4. The van der Waals surface area contributed by atoms with Crippen molar-refractivity contribution < 1.29 is 14.6 Å². The summed E-state index contributed by atoms with van der Waals surface area (Å²) >= 11 is 0. The van der Waals surface area contributed by atoms with E-state index >= 15 is 0 Å². The first kappa shape index (κ1) is 9.29. The molecule has 0 saturated heterocycles. The molecule has 0 bridgehead atoms. The quantitative estimate of drug-likeness (QED) is 0.719. The van der Waals surface area contributed by atoms with Gasteiger partial charge in [0.05, 0.1) is 12.4 Å². The van der Waals surface area contributed by atoms with Crippen molar-refractivity contribution >= 4 is 0 Å². The van der Waals surface area contributed by atoms with Crippen LogP contribution in [0.5, 0.6) is 0 Å². The van der Waals surface area contributed by atoms with Crippen molar-refractivity contribution in [3.63, 3.8) is 0 Å². The molecular weight excluding hydrogens is 156 g/mol. The standard InChI is InChI=1S/C9H14O3/c1-7(10)4-5-8(11)9-3-2-6-12-9/h2-3,6-8,10-11H,4-5H2,1H3. The van der Waals surface area contributed by atoms with Crippen LogP contribution in [0.3, 0.4) is 0 Å². The summed E-state index contributed by atoms with van der Waals surface area (Å²) in [5.74, 6) is 0.565. The molecule has 2 N–H and O–H groups in total. The van der Waals surface area contributed by atoms with E-state index in [2.05, 4.69) is 0 Å². The summed E-state index contributed by atoms with van der Waals surface area (Å²) in [6, 6.07) is 3.47. The van der Waals surface area contributed by atoms with E-state index in [1.807, 2.05) is 0 Å². The van der Waals surface area contributed by atoms with Gasteiger partial charge >= 0.3 is 0 Å². The lowest BCUT2D eigenvalue weighted by atomic mass is 10.1. The van der Waals surface area contributed by atoms with Gasteiger partial charge in [-0.15, -0.1) is 0 Å². The zero-order valence-corrected chi connectivity index (χ0v) is 7.10. The number of aliphatic hydroxyl groups is 2. The number of aliphatic hydroxyl groups excluding tert-OH is 2. The Labute approximate surface area is 71.6 Å². The fraction of sp³-hybridized carbons (Fsp3) is 0.556. The zero-order valence-electron chi connectivity index (χ0n) is 7.10. The molecular formula is C9H14O3. The second-order valence-electron chi connectivity index (χ2n) is 2.96. The van der Waals surface area contributed by atoms with E-state index < -0.39 is 6.10 Å². The van der Waals surface area contributed by atoms with Crippen molar-refractivity contribution in [2.45, 2.75) is 32.0 Å². The van der Waals surface area contributed by atoms with Crippen LogP contribution in [0.1, 0.15) is 31.6 Å². The molecule has 0 aliphatic heterocycles. The molecule has 1 aromatic rings. The summed E-state index contributed by atoms with van der Waals surface area (Å²) < 4.78 is 5.00. The monoisotopic (exact) mass is 170 g/mol. The van der Waals surface area contributed by atoms with Crippen LogP contribution in [0.4, 0.5) is 0 Å². The lowest BCUT2D eigenvalue weighted by Gasteiger charge is -2.08. The summed E-state index contributed by atoms with van der Waals surface area (Å²) in [5.41, 5.74) is 0. The van der Waals surface area contributed by atoms with E-state index in [0.717, 1.165) is 0 Å². The molecule has 0 aliphatic rings. The van der Waals surface area contributed by atoms with Gasteiger partial charge in [0.25, 0.3) is 0 Å². The highest BCUT2D eigenvalue weighted by Crippen LogP contribution is 2.18. The summed E-state index contributed by atoms with van der Waals surface area (Å²) in [5, 5.41) is 18.4. The predicted molar refractivity (Wildman–Crippen MR) is 44.6 cm³/mol. The first-order valence-corrected chi connectivity index (χ1v) is 4.09. The summed E-state index contributed by atoms with van der Waals surface area (Å²) in [4.78, 5) is 0. The Bertz CT molecular complexity index is 204. The van der Waals surface area contributed by atoms with Gasteiger partial charge in [-0.3, -0.25) is 0 Å². The third-order valence-corrected chi connectivity index (χ3v) is 1.73. The molecule has 3 nitrogen and oxygen atoms in total. The van der Waals surface area contributed by atoms with E-state index in [-0.39, 0.29) is 6.10 Å². The van der Waals surface area contributed by atoms with Crippen molar-refractivity contribution in [3.05, 3.63) is 24.2 Å². The highest BCUT2D eigenvalue weighted by Gasteiger charge is 2.10. The Morgan fingerprint density at radius 3 is 2.67 bits per heavy atom. The minimum Gasteiger partial charge on any atom is -0.467 e. The van der Waals surface area contributed by atoms with Crippen LogP contribution in [-0.4, -0.2) is 16.3 Å². The molecule has 0 fully saturated rings.